The molecule has 0 saturated carbocycles. The number of rotatable bonds is 10. The molecule has 0 atom stereocenters. The predicted octanol–water partition coefficient (Wildman–Crippen LogP) is 7.21. The zero-order valence-corrected chi connectivity index (χ0v) is 21.5. The molecule has 0 spiro atoms. The van der Waals surface area contributed by atoms with Crippen LogP contribution in [0.25, 0.3) is 10.8 Å². The van der Waals surface area contributed by atoms with E-state index < -0.39 is 0 Å². The first kappa shape index (κ1) is 24.3. The van der Waals surface area contributed by atoms with E-state index in [1.165, 1.54) is 48.0 Å². The SMILES string of the molecule is CCCCC1(CCCC)C(=O)c2cccc3c(N4CCCN(CCC(C)C)CC4)ccc1c23. The Morgan fingerprint density at radius 1 is 0.939 bits per heavy atom. The lowest BCUT2D eigenvalue weighted by Gasteiger charge is -2.30. The Morgan fingerprint density at radius 3 is 2.39 bits per heavy atom. The molecule has 2 aromatic rings. The molecule has 0 bridgehead atoms. The second-order valence-electron chi connectivity index (χ2n) is 10.8. The van der Waals surface area contributed by atoms with E-state index in [0.29, 0.717) is 5.78 Å². The molecule has 3 nitrogen and oxygen atoms in total. The lowest BCUT2D eigenvalue weighted by Crippen LogP contribution is -2.32. The van der Waals surface area contributed by atoms with Gasteiger partial charge in [0.25, 0.3) is 0 Å². The van der Waals surface area contributed by atoms with Crippen LogP contribution in [-0.4, -0.2) is 43.4 Å². The number of carbonyl (C=O) groups excluding carboxylic acids is 1. The molecule has 1 heterocycles. The van der Waals surface area contributed by atoms with Crippen molar-refractivity contribution in [3.8, 4) is 0 Å². The van der Waals surface area contributed by atoms with E-state index in [1.807, 2.05) is 0 Å². The lowest BCUT2D eigenvalue weighted by molar-refractivity contribution is 0.0871. The molecule has 1 aliphatic carbocycles. The summed E-state index contributed by atoms with van der Waals surface area (Å²) in [5.41, 5.74) is 3.32. The Balaban J connectivity index is 1.68. The molecule has 4 rings (SSSR count). The maximum absolute atomic E-state index is 13.9. The standard InChI is InChI=1S/C30H44N2O/c1-5-7-16-30(17-8-6-2)26-13-14-27(24-11-9-12-25(28(24)26)29(30)33)32-19-10-18-31(21-22-32)20-15-23(3)4/h9,11-14,23H,5-8,10,15-22H2,1-4H3. The number of nitrogens with zero attached hydrogens (tertiary/aromatic N) is 2. The van der Waals surface area contributed by atoms with Gasteiger partial charge in [0.05, 0.1) is 5.41 Å². The molecule has 2 aromatic carbocycles. The monoisotopic (exact) mass is 448 g/mol. The average molecular weight is 449 g/mol. The predicted molar refractivity (Wildman–Crippen MR) is 142 cm³/mol. The van der Waals surface area contributed by atoms with Crippen LogP contribution < -0.4 is 4.90 Å². The van der Waals surface area contributed by atoms with E-state index >= 15 is 0 Å². The van der Waals surface area contributed by atoms with Crippen LogP contribution in [0.5, 0.6) is 0 Å². The molecular formula is C30H44N2O. The van der Waals surface area contributed by atoms with Gasteiger partial charge in [0.2, 0.25) is 0 Å². The maximum atomic E-state index is 13.9. The van der Waals surface area contributed by atoms with Gasteiger partial charge < -0.3 is 9.80 Å². The fraction of sp³-hybridized carbons (Fsp3) is 0.633. The Kier molecular flexibility index (Phi) is 7.79. The normalized spacial score (nSPS) is 18.5. The summed E-state index contributed by atoms with van der Waals surface area (Å²) in [6, 6.07) is 11.1. The van der Waals surface area contributed by atoms with Crippen molar-refractivity contribution in [2.75, 3.05) is 37.6 Å². The summed E-state index contributed by atoms with van der Waals surface area (Å²) >= 11 is 0. The minimum Gasteiger partial charge on any atom is -0.370 e. The number of unbranched alkanes of at least 4 members (excludes halogenated alkanes) is 2. The number of ketones is 1. The highest BCUT2D eigenvalue weighted by Crippen LogP contribution is 2.50. The van der Waals surface area contributed by atoms with Crippen molar-refractivity contribution < 1.29 is 4.79 Å². The summed E-state index contributed by atoms with van der Waals surface area (Å²) in [5, 5.41) is 2.55. The zero-order valence-electron chi connectivity index (χ0n) is 21.5. The van der Waals surface area contributed by atoms with Gasteiger partial charge in [0.15, 0.2) is 5.78 Å². The van der Waals surface area contributed by atoms with Gasteiger partial charge in [0.1, 0.15) is 0 Å². The summed E-state index contributed by atoms with van der Waals surface area (Å²) in [6.07, 6.45) is 8.97. The molecule has 33 heavy (non-hydrogen) atoms. The summed E-state index contributed by atoms with van der Waals surface area (Å²) in [4.78, 5) is 19.1. The van der Waals surface area contributed by atoms with Gasteiger partial charge in [-0.2, -0.15) is 0 Å². The van der Waals surface area contributed by atoms with E-state index in [0.717, 1.165) is 69.6 Å². The van der Waals surface area contributed by atoms with Crippen LogP contribution >= 0.6 is 0 Å². The quantitative estimate of drug-likeness (QED) is 0.383. The third kappa shape index (κ3) is 4.71. The highest BCUT2D eigenvalue weighted by Gasteiger charge is 2.46. The minimum absolute atomic E-state index is 0.307. The molecule has 0 N–H and O–H groups in total. The maximum Gasteiger partial charge on any atom is 0.174 e. The van der Waals surface area contributed by atoms with Crippen molar-refractivity contribution in [3.63, 3.8) is 0 Å². The highest BCUT2D eigenvalue weighted by atomic mass is 16.1. The Morgan fingerprint density at radius 2 is 1.70 bits per heavy atom. The van der Waals surface area contributed by atoms with Crippen molar-refractivity contribution in [1.29, 1.82) is 0 Å². The Hall–Kier alpha value is -1.87. The van der Waals surface area contributed by atoms with Gasteiger partial charge in [-0.15, -0.1) is 0 Å². The van der Waals surface area contributed by atoms with Gasteiger partial charge >= 0.3 is 0 Å². The third-order valence-corrected chi connectivity index (χ3v) is 8.08. The van der Waals surface area contributed by atoms with Gasteiger partial charge in [-0.05, 0) is 61.7 Å². The molecule has 1 aliphatic heterocycles. The minimum atomic E-state index is -0.307. The number of benzene rings is 2. The van der Waals surface area contributed by atoms with Crippen LogP contribution in [-0.2, 0) is 5.41 Å². The van der Waals surface area contributed by atoms with Crippen LogP contribution in [0.1, 0.15) is 95.0 Å². The molecule has 1 saturated heterocycles. The van der Waals surface area contributed by atoms with E-state index in [4.69, 9.17) is 0 Å². The molecular weight excluding hydrogens is 404 g/mol. The van der Waals surface area contributed by atoms with Crippen LogP contribution in [0.2, 0.25) is 0 Å². The molecule has 0 aromatic heterocycles. The summed E-state index contributed by atoms with van der Waals surface area (Å²) < 4.78 is 0. The molecule has 0 radical (unpaired) electrons. The highest BCUT2D eigenvalue weighted by molar-refractivity contribution is 6.22. The van der Waals surface area contributed by atoms with Crippen molar-refractivity contribution >= 4 is 22.2 Å². The second-order valence-corrected chi connectivity index (χ2v) is 10.8. The Bertz CT molecular complexity index is 955. The second kappa shape index (κ2) is 10.6. The van der Waals surface area contributed by atoms with E-state index in [2.05, 4.69) is 67.8 Å². The van der Waals surface area contributed by atoms with Gasteiger partial charge in [-0.1, -0.05) is 77.6 Å². The fourth-order valence-corrected chi connectivity index (χ4v) is 6.09. The summed E-state index contributed by atoms with van der Waals surface area (Å²) in [5.74, 6) is 1.15. The largest absolute Gasteiger partial charge is 0.370 e. The van der Waals surface area contributed by atoms with Crippen molar-refractivity contribution in [2.24, 2.45) is 5.92 Å². The number of carbonyl (C=O) groups is 1. The number of Topliss-reactive ketones (excluding diaryl/α,β-unsaturated/α-hetero) is 1. The number of hydrogen-bond acceptors (Lipinski definition) is 3. The van der Waals surface area contributed by atoms with E-state index in [9.17, 15) is 4.79 Å². The summed E-state index contributed by atoms with van der Waals surface area (Å²) in [7, 11) is 0. The van der Waals surface area contributed by atoms with Crippen LogP contribution in [0.3, 0.4) is 0 Å². The van der Waals surface area contributed by atoms with E-state index in [1.54, 1.807) is 0 Å². The molecule has 0 unspecified atom stereocenters. The van der Waals surface area contributed by atoms with Gasteiger partial charge in [-0.25, -0.2) is 0 Å². The zero-order chi connectivity index (χ0) is 23.4. The van der Waals surface area contributed by atoms with Crippen LogP contribution in [0, 0.1) is 5.92 Å². The first-order valence-corrected chi connectivity index (χ1v) is 13.6. The van der Waals surface area contributed by atoms with Crippen LogP contribution in [0.4, 0.5) is 5.69 Å². The van der Waals surface area contributed by atoms with Crippen LogP contribution in [0.15, 0.2) is 30.3 Å². The average Bonchev–Trinajstić information content (AvgIpc) is 2.96. The number of hydrogen-bond donors (Lipinski definition) is 0. The van der Waals surface area contributed by atoms with Crippen molar-refractivity contribution in [1.82, 2.24) is 4.90 Å². The first-order chi connectivity index (χ1) is 16.0. The molecule has 0 amide bonds. The topological polar surface area (TPSA) is 23.6 Å². The smallest absolute Gasteiger partial charge is 0.174 e. The van der Waals surface area contributed by atoms with Gasteiger partial charge in [0, 0.05) is 36.3 Å². The first-order valence-electron chi connectivity index (χ1n) is 13.6. The third-order valence-electron chi connectivity index (χ3n) is 8.08. The molecule has 1 fully saturated rings. The summed E-state index contributed by atoms with van der Waals surface area (Å²) in [6.45, 7) is 14.8. The fourth-order valence-electron chi connectivity index (χ4n) is 6.09. The molecule has 3 heteroatoms. The lowest BCUT2D eigenvalue weighted by atomic mass is 9.72. The van der Waals surface area contributed by atoms with E-state index in [-0.39, 0.29) is 5.41 Å². The Labute approximate surface area is 201 Å². The van der Waals surface area contributed by atoms with Crippen molar-refractivity contribution in [2.45, 2.75) is 84.5 Å². The molecule has 2 aliphatic rings. The van der Waals surface area contributed by atoms with Gasteiger partial charge in [-0.3, -0.25) is 4.79 Å². The molecule has 180 valence electrons. The number of anilines is 1. The van der Waals surface area contributed by atoms with Crippen molar-refractivity contribution in [3.05, 3.63) is 41.5 Å².